The van der Waals surface area contributed by atoms with Gasteiger partial charge in [0.05, 0.1) is 4.92 Å². The topological polar surface area (TPSA) is 55.2 Å². The summed E-state index contributed by atoms with van der Waals surface area (Å²) in [6, 6.07) is 5.97. The molecule has 0 bridgehead atoms. The number of nitrogens with zero attached hydrogens (tertiary/aromatic N) is 1. The molecule has 2 radical (unpaired) electrons. The van der Waals surface area contributed by atoms with Gasteiger partial charge in [0.15, 0.2) is 0 Å². The summed E-state index contributed by atoms with van der Waals surface area (Å²) in [5.74, 6) is 0. The van der Waals surface area contributed by atoms with Gasteiger partial charge in [-0.05, 0) is 6.07 Å². The zero-order valence-electron chi connectivity index (χ0n) is 5.65. The Morgan fingerprint density at radius 2 is 2.27 bits per heavy atom. The van der Waals surface area contributed by atoms with Gasteiger partial charge in [-0.3, -0.25) is 10.1 Å². The van der Waals surface area contributed by atoms with E-state index >= 15 is 0 Å². The van der Waals surface area contributed by atoms with E-state index in [1.54, 1.807) is 12.1 Å². The van der Waals surface area contributed by atoms with E-state index in [1.807, 2.05) is 0 Å². The maximum Gasteiger partial charge on any atom is 0.271 e. The molecule has 5 heteroatoms. The first-order chi connectivity index (χ1) is 5.24. The van der Waals surface area contributed by atoms with Gasteiger partial charge in [0.2, 0.25) is 7.98 Å². The van der Waals surface area contributed by atoms with Gasteiger partial charge in [-0.1, -0.05) is 6.07 Å². The second kappa shape index (κ2) is 3.05. The van der Waals surface area contributed by atoms with Crippen LogP contribution in [0.25, 0.3) is 0 Å². The molecular formula is C6H5BN2O2. The number of hydrogen-bond donors (Lipinski definition) is 1. The maximum absolute atomic E-state index is 10.2. The summed E-state index contributed by atoms with van der Waals surface area (Å²) in [6.07, 6.45) is 0. The summed E-state index contributed by atoms with van der Waals surface area (Å²) in [5, 5.41) is 12.5. The highest BCUT2D eigenvalue weighted by atomic mass is 16.6. The number of nitro benzene ring substituents is 1. The van der Waals surface area contributed by atoms with Crippen LogP contribution in [0.3, 0.4) is 0 Å². The predicted molar refractivity (Wildman–Crippen MR) is 42.5 cm³/mol. The van der Waals surface area contributed by atoms with Crippen molar-refractivity contribution in [2.75, 3.05) is 5.23 Å². The highest BCUT2D eigenvalue weighted by molar-refractivity contribution is 6.15. The number of benzene rings is 1. The van der Waals surface area contributed by atoms with E-state index in [2.05, 4.69) is 5.23 Å². The lowest BCUT2D eigenvalue weighted by Gasteiger charge is -1.97. The molecular weight excluding hydrogens is 143 g/mol. The molecule has 1 aromatic rings. The molecule has 0 aliphatic carbocycles. The second-order valence-corrected chi connectivity index (χ2v) is 1.95. The van der Waals surface area contributed by atoms with Gasteiger partial charge in [-0.25, -0.2) is 0 Å². The van der Waals surface area contributed by atoms with Crippen molar-refractivity contribution in [1.29, 1.82) is 0 Å². The van der Waals surface area contributed by atoms with Gasteiger partial charge < -0.3 is 5.23 Å². The lowest BCUT2D eigenvalue weighted by Crippen LogP contribution is -1.92. The number of non-ortho nitro benzene ring substituents is 1. The fraction of sp³-hybridized carbons (Fsp3) is 0. The van der Waals surface area contributed by atoms with Crippen molar-refractivity contribution < 1.29 is 4.92 Å². The van der Waals surface area contributed by atoms with Gasteiger partial charge in [0.1, 0.15) is 0 Å². The SMILES string of the molecule is [B]Nc1cccc([N+](=O)[O-])c1. The molecule has 0 aromatic heterocycles. The Labute approximate surface area is 64.8 Å². The van der Waals surface area contributed by atoms with Crippen molar-refractivity contribution >= 4 is 19.4 Å². The van der Waals surface area contributed by atoms with Crippen LogP contribution in [0.1, 0.15) is 0 Å². The van der Waals surface area contributed by atoms with Gasteiger partial charge >= 0.3 is 0 Å². The van der Waals surface area contributed by atoms with E-state index in [4.69, 9.17) is 7.98 Å². The van der Waals surface area contributed by atoms with Crippen molar-refractivity contribution in [3.05, 3.63) is 34.4 Å². The Morgan fingerprint density at radius 1 is 1.55 bits per heavy atom. The van der Waals surface area contributed by atoms with Crippen molar-refractivity contribution in [3.63, 3.8) is 0 Å². The Kier molecular flexibility index (Phi) is 2.10. The molecule has 0 saturated heterocycles. The zero-order chi connectivity index (χ0) is 8.27. The quantitative estimate of drug-likeness (QED) is 0.388. The molecule has 1 rings (SSSR count). The third kappa shape index (κ3) is 1.70. The Hall–Kier alpha value is -1.52. The number of nitro groups is 1. The Bertz CT molecular complexity index is 277. The minimum absolute atomic E-state index is 0.0282. The van der Waals surface area contributed by atoms with Gasteiger partial charge in [-0.2, -0.15) is 0 Å². The fourth-order valence-corrected chi connectivity index (χ4v) is 0.709. The highest BCUT2D eigenvalue weighted by Crippen LogP contribution is 2.15. The van der Waals surface area contributed by atoms with Crippen molar-refractivity contribution in [3.8, 4) is 0 Å². The summed E-state index contributed by atoms with van der Waals surface area (Å²) < 4.78 is 0. The van der Waals surface area contributed by atoms with Crippen LogP contribution in [0.5, 0.6) is 0 Å². The van der Waals surface area contributed by atoms with Crippen LogP contribution in [0.2, 0.25) is 0 Å². The summed E-state index contributed by atoms with van der Waals surface area (Å²) in [5.41, 5.74) is 0.555. The summed E-state index contributed by atoms with van der Waals surface area (Å²) in [6.45, 7) is 0. The molecule has 0 heterocycles. The highest BCUT2D eigenvalue weighted by Gasteiger charge is 2.03. The standard InChI is InChI=1S/C6H5BN2O2/c7-8-5-2-1-3-6(4-5)9(10)11/h1-4,8H. The van der Waals surface area contributed by atoms with E-state index in [1.165, 1.54) is 12.1 Å². The number of rotatable bonds is 2. The molecule has 0 atom stereocenters. The third-order valence-electron chi connectivity index (χ3n) is 1.22. The van der Waals surface area contributed by atoms with Crippen LogP contribution in [-0.2, 0) is 0 Å². The Morgan fingerprint density at radius 3 is 2.82 bits per heavy atom. The lowest BCUT2D eigenvalue weighted by molar-refractivity contribution is -0.384. The largest absolute Gasteiger partial charge is 0.437 e. The van der Waals surface area contributed by atoms with E-state index in [0.717, 1.165) is 0 Å². The molecule has 0 amide bonds. The molecule has 0 saturated carbocycles. The number of hydrogen-bond acceptors (Lipinski definition) is 3. The molecule has 54 valence electrons. The van der Waals surface area contributed by atoms with E-state index in [-0.39, 0.29) is 5.69 Å². The first-order valence-electron chi connectivity index (χ1n) is 2.95. The molecule has 0 fully saturated rings. The van der Waals surface area contributed by atoms with Crippen LogP contribution in [0, 0.1) is 10.1 Å². The van der Waals surface area contributed by atoms with Crippen LogP contribution >= 0.6 is 0 Å². The minimum Gasteiger partial charge on any atom is -0.437 e. The molecule has 0 spiro atoms. The van der Waals surface area contributed by atoms with Crippen LogP contribution < -0.4 is 5.23 Å². The molecule has 11 heavy (non-hydrogen) atoms. The minimum atomic E-state index is -0.471. The fourth-order valence-electron chi connectivity index (χ4n) is 0.709. The van der Waals surface area contributed by atoms with Gasteiger partial charge in [0, 0.05) is 17.8 Å². The first-order valence-corrected chi connectivity index (χ1v) is 2.95. The smallest absolute Gasteiger partial charge is 0.271 e. The zero-order valence-corrected chi connectivity index (χ0v) is 5.65. The summed E-state index contributed by atoms with van der Waals surface area (Å²) in [4.78, 5) is 9.73. The molecule has 0 aliphatic rings. The molecule has 4 nitrogen and oxygen atoms in total. The number of anilines is 1. The molecule has 0 aliphatic heterocycles. The van der Waals surface area contributed by atoms with E-state index in [9.17, 15) is 10.1 Å². The average Bonchev–Trinajstić information content (AvgIpc) is 2.05. The van der Waals surface area contributed by atoms with Crippen LogP contribution in [-0.4, -0.2) is 12.9 Å². The van der Waals surface area contributed by atoms with Crippen LogP contribution in [0.15, 0.2) is 24.3 Å². The molecule has 0 unspecified atom stereocenters. The van der Waals surface area contributed by atoms with E-state index < -0.39 is 4.92 Å². The van der Waals surface area contributed by atoms with Crippen molar-refractivity contribution in [2.24, 2.45) is 0 Å². The average molecular weight is 148 g/mol. The van der Waals surface area contributed by atoms with Crippen molar-refractivity contribution in [2.45, 2.75) is 0 Å². The summed E-state index contributed by atoms with van der Waals surface area (Å²) in [7, 11) is 5.05. The monoisotopic (exact) mass is 148 g/mol. The first kappa shape index (κ1) is 7.59. The normalized spacial score (nSPS) is 9.09. The van der Waals surface area contributed by atoms with E-state index in [0.29, 0.717) is 5.69 Å². The van der Waals surface area contributed by atoms with Crippen LogP contribution in [0.4, 0.5) is 11.4 Å². The van der Waals surface area contributed by atoms with Crippen molar-refractivity contribution in [1.82, 2.24) is 0 Å². The summed E-state index contributed by atoms with van der Waals surface area (Å²) >= 11 is 0. The Balaban J connectivity index is 3.01. The maximum atomic E-state index is 10.2. The molecule has 1 N–H and O–H groups in total. The van der Waals surface area contributed by atoms with Gasteiger partial charge in [-0.15, -0.1) is 0 Å². The third-order valence-corrected chi connectivity index (χ3v) is 1.22. The molecule has 1 aromatic carbocycles. The predicted octanol–water partition coefficient (Wildman–Crippen LogP) is 1.09. The second-order valence-electron chi connectivity index (χ2n) is 1.95. The lowest BCUT2D eigenvalue weighted by atomic mass is 10.2. The van der Waals surface area contributed by atoms with Gasteiger partial charge in [0.25, 0.3) is 5.69 Å². The number of nitrogens with one attached hydrogen (secondary N) is 1.